The second-order valence-corrected chi connectivity index (χ2v) is 4.66. The third kappa shape index (κ3) is 2.11. The van der Waals surface area contributed by atoms with Gasteiger partial charge < -0.3 is 13.9 Å². The number of rotatable bonds is 2. The molecule has 0 aliphatic carbocycles. The molecule has 0 aromatic carbocycles. The largest absolute Gasteiger partial charge is 0.361 e. The van der Waals surface area contributed by atoms with Crippen LogP contribution in [0, 0.1) is 13.8 Å². The Morgan fingerprint density at radius 1 is 1.37 bits per heavy atom. The summed E-state index contributed by atoms with van der Waals surface area (Å²) < 4.78 is 10.1. The van der Waals surface area contributed by atoms with E-state index < -0.39 is 0 Å². The van der Waals surface area contributed by atoms with E-state index in [0.717, 1.165) is 12.8 Å². The second-order valence-electron chi connectivity index (χ2n) is 4.66. The van der Waals surface area contributed by atoms with Crippen LogP contribution in [0.1, 0.15) is 46.8 Å². The highest BCUT2D eigenvalue weighted by Crippen LogP contribution is 2.31. The molecular weight excluding hydrogens is 248 g/mol. The minimum Gasteiger partial charge on any atom is -0.361 e. The zero-order chi connectivity index (χ0) is 13.4. The van der Waals surface area contributed by atoms with Crippen molar-refractivity contribution in [1.29, 1.82) is 0 Å². The highest BCUT2D eigenvalue weighted by atomic mass is 16.5. The van der Waals surface area contributed by atoms with Gasteiger partial charge in [0.2, 0.25) is 5.89 Å². The van der Waals surface area contributed by atoms with E-state index in [1.807, 2.05) is 0 Å². The van der Waals surface area contributed by atoms with E-state index in [0.29, 0.717) is 29.7 Å². The first-order valence-corrected chi connectivity index (χ1v) is 6.19. The van der Waals surface area contributed by atoms with Gasteiger partial charge in [0.1, 0.15) is 11.8 Å². The summed E-state index contributed by atoms with van der Waals surface area (Å²) in [6.07, 6.45) is 1.73. The molecule has 100 valence electrons. The van der Waals surface area contributed by atoms with Gasteiger partial charge >= 0.3 is 0 Å². The van der Waals surface area contributed by atoms with Crippen LogP contribution in [0.4, 0.5) is 0 Å². The van der Waals surface area contributed by atoms with Gasteiger partial charge in [-0.15, -0.1) is 0 Å². The van der Waals surface area contributed by atoms with E-state index in [1.54, 1.807) is 24.8 Å². The number of hydrogen-bond acceptors (Lipinski definition) is 6. The molecular formula is C12H14N4O3. The Morgan fingerprint density at radius 3 is 2.84 bits per heavy atom. The van der Waals surface area contributed by atoms with Crippen LogP contribution in [0.5, 0.6) is 0 Å². The van der Waals surface area contributed by atoms with Crippen molar-refractivity contribution in [1.82, 2.24) is 20.2 Å². The van der Waals surface area contributed by atoms with Gasteiger partial charge in [-0.2, -0.15) is 4.98 Å². The van der Waals surface area contributed by atoms with E-state index in [9.17, 15) is 4.79 Å². The van der Waals surface area contributed by atoms with Crippen LogP contribution in [0.3, 0.4) is 0 Å². The molecule has 1 aliphatic heterocycles. The average Bonchev–Trinajstić information content (AvgIpc) is 3.07. The summed E-state index contributed by atoms with van der Waals surface area (Å²) in [6.45, 7) is 4.18. The first kappa shape index (κ1) is 11.9. The Bertz CT molecular complexity index is 604. The fourth-order valence-corrected chi connectivity index (χ4v) is 2.33. The Balaban J connectivity index is 1.85. The predicted molar refractivity (Wildman–Crippen MR) is 63.3 cm³/mol. The summed E-state index contributed by atoms with van der Waals surface area (Å²) in [7, 11) is 0. The normalized spacial score (nSPS) is 19.1. The molecule has 0 saturated carbocycles. The first-order chi connectivity index (χ1) is 9.15. The molecule has 0 spiro atoms. The Hall–Kier alpha value is -2.18. The van der Waals surface area contributed by atoms with Gasteiger partial charge in [-0.3, -0.25) is 4.79 Å². The lowest BCUT2D eigenvalue weighted by Crippen LogP contribution is -2.31. The molecule has 0 radical (unpaired) electrons. The molecule has 2 aromatic heterocycles. The molecule has 1 saturated heterocycles. The van der Waals surface area contributed by atoms with Crippen LogP contribution >= 0.6 is 0 Å². The topological polar surface area (TPSA) is 85.3 Å². The van der Waals surface area contributed by atoms with Crippen molar-refractivity contribution < 1.29 is 13.8 Å². The smallest absolute Gasteiger partial charge is 0.276 e. The number of hydrogen-bond donors (Lipinski definition) is 0. The standard InChI is InChI=1S/C12H14N4O3/c1-7-6-9(15-18-7)12(17)16-5-3-4-10(16)11-13-8(2)14-19-11/h6,10H,3-5H2,1-2H3. The monoisotopic (exact) mass is 262 g/mol. The summed E-state index contributed by atoms with van der Waals surface area (Å²) in [5.74, 6) is 1.53. The molecule has 19 heavy (non-hydrogen) atoms. The quantitative estimate of drug-likeness (QED) is 0.818. The highest BCUT2D eigenvalue weighted by Gasteiger charge is 2.35. The Kier molecular flexibility index (Phi) is 2.81. The molecule has 1 atom stereocenters. The lowest BCUT2D eigenvalue weighted by Gasteiger charge is -2.20. The number of aryl methyl sites for hydroxylation is 2. The number of nitrogens with zero attached hydrogens (tertiary/aromatic N) is 4. The van der Waals surface area contributed by atoms with Crippen molar-refractivity contribution >= 4 is 5.91 Å². The first-order valence-electron chi connectivity index (χ1n) is 6.19. The van der Waals surface area contributed by atoms with Crippen LogP contribution in [0.15, 0.2) is 15.1 Å². The molecule has 3 rings (SSSR count). The number of aromatic nitrogens is 3. The van der Waals surface area contributed by atoms with Gasteiger partial charge in [0.15, 0.2) is 11.5 Å². The highest BCUT2D eigenvalue weighted by molar-refractivity contribution is 5.92. The van der Waals surface area contributed by atoms with Crippen molar-refractivity contribution in [2.75, 3.05) is 6.54 Å². The van der Waals surface area contributed by atoms with Crippen molar-refractivity contribution in [3.63, 3.8) is 0 Å². The van der Waals surface area contributed by atoms with Crippen LogP contribution < -0.4 is 0 Å². The van der Waals surface area contributed by atoms with Crippen molar-refractivity contribution in [2.45, 2.75) is 32.7 Å². The Labute approximate surface area is 109 Å². The SMILES string of the molecule is Cc1noc(C2CCCN2C(=O)c2cc(C)on2)n1. The van der Waals surface area contributed by atoms with Gasteiger partial charge in [-0.1, -0.05) is 10.3 Å². The third-order valence-corrected chi connectivity index (χ3v) is 3.19. The summed E-state index contributed by atoms with van der Waals surface area (Å²) in [5.41, 5.74) is 0.320. The molecule has 1 unspecified atom stereocenters. The van der Waals surface area contributed by atoms with Gasteiger partial charge in [-0.25, -0.2) is 0 Å². The minimum atomic E-state index is -0.161. The number of likely N-dealkylation sites (tertiary alicyclic amines) is 1. The average molecular weight is 262 g/mol. The van der Waals surface area contributed by atoms with Gasteiger partial charge in [0.05, 0.1) is 0 Å². The van der Waals surface area contributed by atoms with Gasteiger partial charge in [0.25, 0.3) is 5.91 Å². The minimum absolute atomic E-state index is 0.157. The second kappa shape index (κ2) is 4.49. The lowest BCUT2D eigenvalue weighted by atomic mass is 10.2. The van der Waals surface area contributed by atoms with Crippen LogP contribution in [-0.4, -0.2) is 32.6 Å². The number of amides is 1. The number of carbonyl (C=O) groups excluding carboxylic acids is 1. The molecule has 3 heterocycles. The maximum Gasteiger partial charge on any atom is 0.276 e. The maximum atomic E-state index is 12.4. The summed E-state index contributed by atoms with van der Waals surface area (Å²) in [4.78, 5) is 18.3. The van der Waals surface area contributed by atoms with E-state index in [2.05, 4.69) is 15.3 Å². The van der Waals surface area contributed by atoms with Crippen LogP contribution in [0.2, 0.25) is 0 Å². The van der Waals surface area contributed by atoms with Crippen molar-refractivity contribution in [3.8, 4) is 0 Å². The van der Waals surface area contributed by atoms with Crippen molar-refractivity contribution in [3.05, 3.63) is 29.2 Å². The Morgan fingerprint density at radius 2 is 2.21 bits per heavy atom. The maximum absolute atomic E-state index is 12.4. The zero-order valence-electron chi connectivity index (χ0n) is 10.8. The fraction of sp³-hybridized carbons (Fsp3) is 0.500. The van der Waals surface area contributed by atoms with Gasteiger partial charge in [0, 0.05) is 12.6 Å². The molecule has 1 amide bonds. The predicted octanol–water partition coefficient (Wildman–Crippen LogP) is 1.65. The van der Waals surface area contributed by atoms with E-state index >= 15 is 0 Å². The molecule has 0 N–H and O–H groups in total. The molecule has 7 heteroatoms. The number of carbonyl (C=O) groups is 1. The molecule has 1 fully saturated rings. The van der Waals surface area contributed by atoms with Crippen LogP contribution in [-0.2, 0) is 0 Å². The molecule has 0 bridgehead atoms. The van der Waals surface area contributed by atoms with E-state index in [1.165, 1.54) is 0 Å². The molecule has 1 aliphatic rings. The summed E-state index contributed by atoms with van der Waals surface area (Å²) in [6, 6.07) is 1.47. The molecule has 7 nitrogen and oxygen atoms in total. The summed E-state index contributed by atoms with van der Waals surface area (Å²) in [5, 5.41) is 7.53. The third-order valence-electron chi connectivity index (χ3n) is 3.19. The van der Waals surface area contributed by atoms with E-state index in [4.69, 9.17) is 9.05 Å². The van der Waals surface area contributed by atoms with Crippen LogP contribution in [0.25, 0.3) is 0 Å². The van der Waals surface area contributed by atoms with Crippen molar-refractivity contribution in [2.24, 2.45) is 0 Å². The lowest BCUT2D eigenvalue weighted by molar-refractivity contribution is 0.0699. The van der Waals surface area contributed by atoms with E-state index in [-0.39, 0.29) is 11.9 Å². The fourth-order valence-electron chi connectivity index (χ4n) is 2.33. The summed E-state index contributed by atoms with van der Waals surface area (Å²) >= 11 is 0. The van der Waals surface area contributed by atoms with Gasteiger partial charge in [-0.05, 0) is 26.7 Å². The molecule has 2 aromatic rings. The zero-order valence-corrected chi connectivity index (χ0v) is 10.8.